The van der Waals surface area contributed by atoms with Crippen LogP contribution >= 0.6 is 0 Å². The number of carbonyl (C=O) groups excluding carboxylic acids is 1. The molecule has 2 rings (SSSR count). The van der Waals surface area contributed by atoms with Crippen LogP contribution in [-0.4, -0.2) is 37.0 Å². The number of hydrogen-bond donors (Lipinski definition) is 4. The largest absolute Gasteiger partial charge is 0.506 e. The second-order valence-electron chi connectivity index (χ2n) is 4.53. The molecule has 0 fully saturated rings. The van der Waals surface area contributed by atoms with Gasteiger partial charge in [-0.15, -0.1) is 0 Å². The molecule has 0 atom stereocenters. The number of aromatic hydroxyl groups is 1. The van der Waals surface area contributed by atoms with Gasteiger partial charge in [0.1, 0.15) is 15.5 Å². The Labute approximate surface area is 137 Å². The van der Waals surface area contributed by atoms with Gasteiger partial charge in [0.25, 0.3) is 26.1 Å². The van der Waals surface area contributed by atoms with Gasteiger partial charge >= 0.3 is 0 Å². The predicted octanol–water partition coefficient (Wildman–Crippen LogP) is 0.938. The lowest BCUT2D eigenvalue weighted by molar-refractivity contribution is 0.102. The van der Waals surface area contributed by atoms with Gasteiger partial charge in [-0.05, 0) is 36.4 Å². The van der Waals surface area contributed by atoms with Gasteiger partial charge in [-0.1, -0.05) is 0 Å². The van der Waals surface area contributed by atoms with E-state index in [4.69, 9.17) is 9.11 Å². The normalized spacial score (nSPS) is 11.9. The lowest BCUT2D eigenvalue weighted by atomic mass is 10.2. The average molecular weight is 372 g/mol. The number of benzene rings is 2. The predicted molar refractivity (Wildman–Crippen MR) is 81.0 cm³/mol. The van der Waals surface area contributed by atoms with Crippen molar-refractivity contribution in [1.82, 2.24) is 0 Å². The third kappa shape index (κ3) is 4.08. The Morgan fingerprint density at radius 1 is 1.00 bits per heavy atom. The molecule has 0 aliphatic heterocycles. The smallest absolute Gasteiger partial charge is 0.298 e. The molecule has 11 heteroatoms. The summed E-state index contributed by atoms with van der Waals surface area (Å²) in [5, 5.41) is 11.7. The lowest BCUT2D eigenvalue weighted by Gasteiger charge is -2.07. The van der Waals surface area contributed by atoms with Gasteiger partial charge in [0.15, 0.2) is 0 Å². The molecule has 0 heterocycles. The molecular formula is C13H10NO8S2. The highest BCUT2D eigenvalue weighted by Gasteiger charge is 2.18. The van der Waals surface area contributed by atoms with E-state index in [0.717, 1.165) is 30.3 Å². The fraction of sp³-hybridized carbons (Fsp3) is 0. The van der Waals surface area contributed by atoms with Crippen molar-refractivity contribution in [2.24, 2.45) is 0 Å². The van der Waals surface area contributed by atoms with Crippen molar-refractivity contribution in [1.29, 1.82) is 0 Å². The molecular weight excluding hydrogens is 362 g/mol. The molecule has 4 N–H and O–H groups in total. The van der Waals surface area contributed by atoms with Crippen LogP contribution in [0.1, 0.15) is 10.4 Å². The number of phenolic OH excluding ortho intramolecular Hbond substituents is 1. The van der Waals surface area contributed by atoms with Gasteiger partial charge in [0.2, 0.25) is 0 Å². The van der Waals surface area contributed by atoms with E-state index in [2.05, 4.69) is 11.4 Å². The molecule has 2 aromatic carbocycles. The maximum Gasteiger partial charge on any atom is 0.298 e. The van der Waals surface area contributed by atoms with Crippen molar-refractivity contribution < 1.29 is 35.8 Å². The quantitative estimate of drug-likeness (QED) is 0.577. The van der Waals surface area contributed by atoms with Crippen LogP contribution in [-0.2, 0) is 20.2 Å². The van der Waals surface area contributed by atoms with Crippen molar-refractivity contribution in [2.45, 2.75) is 9.79 Å². The minimum absolute atomic E-state index is 0.119. The maximum atomic E-state index is 12.0. The first-order chi connectivity index (χ1) is 11.0. The summed E-state index contributed by atoms with van der Waals surface area (Å²) in [5.74, 6) is -1.51. The fourth-order valence-corrected chi connectivity index (χ4v) is 2.77. The first kappa shape index (κ1) is 17.9. The minimum Gasteiger partial charge on any atom is -0.506 e. The van der Waals surface area contributed by atoms with Gasteiger partial charge < -0.3 is 10.4 Å². The molecule has 2 aromatic rings. The van der Waals surface area contributed by atoms with Crippen molar-refractivity contribution in [3.63, 3.8) is 0 Å². The van der Waals surface area contributed by atoms with Crippen LogP contribution in [0.15, 0.2) is 46.2 Å². The number of carbonyl (C=O) groups is 1. The number of amides is 1. The summed E-state index contributed by atoms with van der Waals surface area (Å²) >= 11 is 0. The van der Waals surface area contributed by atoms with Gasteiger partial charge in [-0.25, -0.2) is 0 Å². The second-order valence-corrected chi connectivity index (χ2v) is 7.31. The third-order valence-electron chi connectivity index (χ3n) is 2.82. The Balaban J connectivity index is 2.28. The maximum absolute atomic E-state index is 12.0. The molecule has 1 amide bonds. The average Bonchev–Trinajstić information content (AvgIpc) is 2.46. The summed E-state index contributed by atoms with van der Waals surface area (Å²) in [6.45, 7) is 0. The van der Waals surface area contributed by atoms with Gasteiger partial charge in [0.05, 0.1) is 0 Å². The van der Waals surface area contributed by atoms with Crippen LogP contribution in [0.2, 0.25) is 0 Å². The molecule has 0 saturated heterocycles. The van der Waals surface area contributed by atoms with Crippen LogP contribution in [0.3, 0.4) is 0 Å². The van der Waals surface area contributed by atoms with Crippen molar-refractivity contribution in [2.75, 3.05) is 5.32 Å². The van der Waals surface area contributed by atoms with Crippen molar-refractivity contribution >= 4 is 31.8 Å². The number of hydrogen-bond acceptors (Lipinski definition) is 6. The molecule has 0 aliphatic carbocycles. The molecule has 0 bridgehead atoms. The van der Waals surface area contributed by atoms with E-state index in [9.17, 15) is 26.7 Å². The topological polar surface area (TPSA) is 158 Å². The molecule has 0 aliphatic rings. The first-order valence-electron chi connectivity index (χ1n) is 6.09. The standard InChI is InChI=1S/C13H10NO8S2/c15-11-6-1-8(7-12(11)24(20,21)22)13(16)14-9-2-4-10(5-3-9)23(17,18)19/h1-4,6-7,15H,(H,14,16)(H,17,18,19)(H,20,21,22). The zero-order valence-corrected chi connectivity index (χ0v) is 13.3. The van der Waals surface area contributed by atoms with E-state index in [-0.39, 0.29) is 11.3 Å². The van der Waals surface area contributed by atoms with E-state index in [1.165, 1.54) is 6.07 Å². The molecule has 9 nitrogen and oxygen atoms in total. The van der Waals surface area contributed by atoms with Crippen LogP contribution < -0.4 is 5.32 Å². The van der Waals surface area contributed by atoms with Crippen LogP contribution in [0.5, 0.6) is 5.75 Å². The molecule has 24 heavy (non-hydrogen) atoms. The van der Waals surface area contributed by atoms with Crippen molar-refractivity contribution in [3.8, 4) is 5.75 Å². The SMILES string of the molecule is O=C(Nc1c[c]c(S(=O)(=O)O)cc1)c1ccc(O)c(S(=O)(=O)O)c1. The van der Waals surface area contributed by atoms with Gasteiger partial charge in [-0.2, -0.15) is 16.8 Å². The molecule has 0 saturated carbocycles. The number of phenols is 1. The van der Waals surface area contributed by atoms with Crippen LogP contribution in [0.4, 0.5) is 5.69 Å². The molecule has 1 radical (unpaired) electrons. The highest BCUT2D eigenvalue weighted by Crippen LogP contribution is 2.24. The number of rotatable bonds is 4. The molecule has 0 aromatic heterocycles. The first-order valence-corrected chi connectivity index (χ1v) is 8.97. The highest BCUT2D eigenvalue weighted by atomic mass is 32.2. The van der Waals surface area contributed by atoms with Crippen LogP contribution in [0.25, 0.3) is 0 Å². The Kier molecular flexibility index (Phi) is 4.62. The fourth-order valence-electron chi connectivity index (χ4n) is 1.71. The van der Waals surface area contributed by atoms with Gasteiger partial charge in [-0.3, -0.25) is 13.9 Å². The van der Waals surface area contributed by atoms with Crippen molar-refractivity contribution in [3.05, 3.63) is 48.0 Å². The zero-order chi connectivity index (χ0) is 18.1. The summed E-state index contributed by atoms with van der Waals surface area (Å²) in [6.07, 6.45) is 0. The third-order valence-corrected chi connectivity index (χ3v) is 4.51. The Morgan fingerprint density at radius 3 is 2.17 bits per heavy atom. The lowest BCUT2D eigenvalue weighted by Crippen LogP contribution is -2.13. The minimum atomic E-state index is -4.71. The van der Waals surface area contributed by atoms with E-state index < -0.39 is 41.7 Å². The second kappa shape index (κ2) is 6.20. The molecule has 127 valence electrons. The number of anilines is 1. The van der Waals surface area contributed by atoms with Crippen LogP contribution in [0, 0.1) is 6.07 Å². The van der Waals surface area contributed by atoms with E-state index in [1.807, 2.05) is 0 Å². The highest BCUT2D eigenvalue weighted by molar-refractivity contribution is 7.86. The zero-order valence-electron chi connectivity index (χ0n) is 11.7. The Hall–Kier alpha value is -2.47. The van der Waals surface area contributed by atoms with E-state index in [1.54, 1.807) is 0 Å². The summed E-state index contributed by atoms with van der Waals surface area (Å²) in [5.41, 5.74) is -0.0619. The van der Waals surface area contributed by atoms with E-state index in [0.29, 0.717) is 0 Å². The Morgan fingerprint density at radius 2 is 1.67 bits per heavy atom. The summed E-state index contributed by atoms with van der Waals surface area (Å²) in [4.78, 5) is 10.7. The van der Waals surface area contributed by atoms with Gasteiger partial charge in [0, 0.05) is 17.3 Å². The number of nitrogens with one attached hydrogen (secondary N) is 1. The summed E-state index contributed by atoms with van der Waals surface area (Å²) in [7, 11) is -9.13. The summed E-state index contributed by atoms with van der Waals surface area (Å²) in [6, 6.07) is 8.34. The monoisotopic (exact) mass is 372 g/mol. The molecule has 0 spiro atoms. The molecule has 0 unspecified atom stereocenters. The Bertz CT molecular complexity index is 995. The van der Waals surface area contributed by atoms with E-state index >= 15 is 0 Å². The summed E-state index contributed by atoms with van der Waals surface area (Å²) < 4.78 is 61.8.